The zero-order valence-corrected chi connectivity index (χ0v) is 16.7. The van der Waals surface area contributed by atoms with Crippen LogP contribution in [0.4, 0.5) is 0 Å². The lowest BCUT2D eigenvalue weighted by Crippen LogP contribution is -2.33. The molecule has 0 amide bonds. The summed E-state index contributed by atoms with van der Waals surface area (Å²) < 4.78 is 5.78. The molecule has 0 fully saturated rings. The number of rotatable bonds is 6. The van der Waals surface area contributed by atoms with Crippen LogP contribution in [0.25, 0.3) is 22.5 Å². The first-order chi connectivity index (χ1) is 12.9. The third-order valence-electron chi connectivity index (χ3n) is 4.27. The lowest BCUT2D eigenvalue weighted by molar-refractivity contribution is 0.250. The molecule has 4 nitrogen and oxygen atoms in total. The van der Waals surface area contributed by atoms with Crippen LogP contribution >= 0.6 is 23.2 Å². The minimum absolute atomic E-state index is 0.0678. The van der Waals surface area contributed by atoms with Crippen LogP contribution < -0.4 is 10.5 Å². The standard InChI is InChI=1S/C21H21Cl2N3O/c1-13(2)18(24)12-27-19-11-25-20(14-3-7-16(22)8-4-14)21(26-19)15-5-9-17(23)10-6-15/h3-11,13,18H,12,24H2,1-2H3/t18-/m1/s1. The number of halogens is 2. The van der Waals surface area contributed by atoms with E-state index < -0.39 is 0 Å². The largest absolute Gasteiger partial charge is 0.475 e. The first-order valence-electron chi connectivity index (χ1n) is 8.71. The predicted octanol–water partition coefficient (Wildman–Crippen LogP) is 5.48. The maximum absolute atomic E-state index is 6.06. The van der Waals surface area contributed by atoms with Crippen molar-refractivity contribution in [2.45, 2.75) is 19.9 Å². The van der Waals surface area contributed by atoms with Crippen molar-refractivity contribution in [3.63, 3.8) is 0 Å². The van der Waals surface area contributed by atoms with Gasteiger partial charge in [0.2, 0.25) is 5.88 Å². The number of hydrogen-bond acceptors (Lipinski definition) is 4. The number of benzene rings is 2. The second-order valence-electron chi connectivity index (χ2n) is 6.64. The SMILES string of the molecule is CC(C)[C@H](N)COc1cnc(-c2ccc(Cl)cc2)c(-c2ccc(Cl)cc2)n1. The second kappa shape index (κ2) is 8.70. The summed E-state index contributed by atoms with van der Waals surface area (Å²) in [6.45, 7) is 4.50. The first kappa shape index (κ1) is 19.6. The van der Waals surface area contributed by atoms with Crippen LogP contribution in [0.2, 0.25) is 10.0 Å². The average molecular weight is 402 g/mol. The Bertz CT molecular complexity index is 896. The summed E-state index contributed by atoms with van der Waals surface area (Å²) >= 11 is 12.0. The minimum Gasteiger partial charge on any atom is -0.475 e. The van der Waals surface area contributed by atoms with Crippen molar-refractivity contribution in [2.24, 2.45) is 11.7 Å². The molecule has 2 aromatic carbocycles. The lowest BCUT2D eigenvalue weighted by Gasteiger charge is -2.17. The molecule has 1 heterocycles. The Balaban J connectivity index is 2.00. The van der Waals surface area contributed by atoms with Crippen LogP contribution in [0.1, 0.15) is 13.8 Å². The van der Waals surface area contributed by atoms with Gasteiger partial charge >= 0.3 is 0 Å². The second-order valence-corrected chi connectivity index (χ2v) is 7.51. The van der Waals surface area contributed by atoms with Crippen molar-refractivity contribution in [1.29, 1.82) is 0 Å². The Morgan fingerprint density at radius 2 is 1.41 bits per heavy atom. The maximum Gasteiger partial charge on any atom is 0.232 e. The summed E-state index contributed by atoms with van der Waals surface area (Å²) in [5.74, 6) is 0.760. The molecular weight excluding hydrogens is 381 g/mol. The first-order valence-corrected chi connectivity index (χ1v) is 9.47. The van der Waals surface area contributed by atoms with E-state index in [0.29, 0.717) is 34.1 Å². The molecule has 6 heteroatoms. The van der Waals surface area contributed by atoms with E-state index in [1.54, 1.807) is 6.20 Å². The monoisotopic (exact) mass is 401 g/mol. The highest BCUT2D eigenvalue weighted by atomic mass is 35.5. The van der Waals surface area contributed by atoms with Gasteiger partial charge in [0, 0.05) is 27.2 Å². The Morgan fingerprint density at radius 1 is 0.889 bits per heavy atom. The van der Waals surface area contributed by atoms with Crippen LogP contribution in [-0.4, -0.2) is 22.6 Å². The predicted molar refractivity (Wildman–Crippen MR) is 111 cm³/mol. The topological polar surface area (TPSA) is 61.0 Å². The van der Waals surface area contributed by atoms with Gasteiger partial charge in [-0.15, -0.1) is 0 Å². The van der Waals surface area contributed by atoms with Crippen molar-refractivity contribution >= 4 is 23.2 Å². The molecular formula is C21H21Cl2N3O. The van der Waals surface area contributed by atoms with Gasteiger partial charge in [0.25, 0.3) is 0 Å². The van der Waals surface area contributed by atoms with Gasteiger partial charge in [0.05, 0.1) is 11.9 Å². The molecule has 1 atom stereocenters. The minimum atomic E-state index is -0.0678. The van der Waals surface area contributed by atoms with Gasteiger partial charge in [-0.3, -0.25) is 0 Å². The van der Waals surface area contributed by atoms with E-state index in [0.717, 1.165) is 16.8 Å². The third-order valence-corrected chi connectivity index (χ3v) is 4.77. The highest BCUT2D eigenvalue weighted by Crippen LogP contribution is 2.31. The zero-order valence-electron chi connectivity index (χ0n) is 15.2. The molecule has 3 aromatic rings. The molecule has 0 bridgehead atoms. The molecule has 0 unspecified atom stereocenters. The van der Waals surface area contributed by atoms with Crippen LogP contribution in [0.5, 0.6) is 5.88 Å². The molecule has 3 rings (SSSR count). The van der Waals surface area contributed by atoms with E-state index >= 15 is 0 Å². The highest BCUT2D eigenvalue weighted by molar-refractivity contribution is 6.31. The molecule has 27 heavy (non-hydrogen) atoms. The van der Waals surface area contributed by atoms with Crippen molar-refractivity contribution in [1.82, 2.24) is 9.97 Å². The van der Waals surface area contributed by atoms with Crippen molar-refractivity contribution in [3.8, 4) is 28.4 Å². The Hall–Kier alpha value is -2.14. The van der Waals surface area contributed by atoms with E-state index in [1.807, 2.05) is 48.5 Å². The fourth-order valence-electron chi connectivity index (χ4n) is 2.44. The summed E-state index contributed by atoms with van der Waals surface area (Å²) in [5, 5.41) is 1.33. The van der Waals surface area contributed by atoms with E-state index in [4.69, 9.17) is 33.7 Å². The maximum atomic E-state index is 6.06. The van der Waals surface area contributed by atoms with Crippen molar-refractivity contribution < 1.29 is 4.74 Å². The van der Waals surface area contributed by atoms with E-state index in [2.05, 4.69) is 23.8 Å². The number of aromatic nitrogens is 2. The highest BCUT2D eigenvalue weighted by Gasteiger charge is 2.15. The molecule has 0 aliphatic rings. The summed E-state index contributed by atoms with van der Waals surface area (Å²) in [6.07, 6.45) is 1.62. The molecule has 2 N–H and O–H groups in total. The van der Waals surface area contributed by atoms with Gasteiger partial charge in [0.15, 0.2) is 0 Å². The number of ether oxygens (including phenoxy) is 1. The van der Waals surface area contributed by atoms with Gasteiger partial charge in [-0.05, 0) is 30.2 Å². The number of hydrogen-bond donors (Lipinski definition) is 1. The van der Waals surface area contributed by atoms with Crippen LogP contribution in [0.15, 0.2) is 54.7 Å². The Labute approximate surface area is 169 Å². The Morgan fingerprint density at radius 3 is 1.93 bits per heavy atom. The smallest absolute Gasteiger partial charge is 0.232 e. The van der Waals surface area contributed by atoms with Crippen molar-refractivity contribution in [3.05, 3.63) is 64.8 Å². The molecule has 0 aliphatic heterocycles. The van der Waals surface area contributed by atoms with Gasteiger partial charge in [-0.2, -0.15) is 0 Å². The summed E-state index contributed by atoms with van der Waals surface area (Å²) in [7, 11) is 0. The van der Waals surface area contributed by atoms with Crippen molar-refractivity contribution in [2.75, 3.05) is 6.61 Å². The Kier molecular flexibility index (Phi) is 6.32. The quantitative estimate of drug-likeness (QED) is 0.593. The fourth-order valence-corrected chi connectivity index (χ4v) is 2.70. The molecule has 0 spiro atoms. The van der Waals surface area contributed by atoms with E-state index in [9.17, 15) is 0 Å². The fraction of sp³-hybridized carbons (Fsp3) is 0.238. The van der Waals surface area contributed by atoms with Gasteiger partial charge in [0.1, 0.15) is 12.3 Å². The molecule has 140 valence electrons. The van der Waals surface area contributed by atoms with E-state index in [1.165, 1.54) is 0 Å². The number of nitrogens with zero attached hydrogens (tertiary/aromatic N) is 2. The van der Waals surface area contributed by atoms with E-state index in [-0.39, 0.29) is 6.04 Å². The summed E-state index contributed by atoms with van der Waals surface area (Å²) in [5.41, 5.74) is 9.34. The normalized spacial score (nSPS) is 12.2. The molecule has 0 radical (unpaired) electrons. The van der Waals surface area contributed by atoms with Crippen LogP contribution in [0, 0.1) is 5.92 Å². The van der Waals surface area contributed by atoms with Gasteiger partial charge < -0.3 is 10.5 Å². The number of nitrogens with two attached hydrogens (primary N) is 1. The third kappa shape index (κ3) is 4.98. The molecule has 0 saturated heterocycles. The van der Waals surface area contributed by atoms with Crippen LogP contribution in [0.3, 0.4) is 0 Å². The zero-order chi connectivity index (χ0) is 19.4. The average Bonchev–Trinajstić information content (AvgIpc) is 2.67. The summed E-state index contributed by atoms with van der Waals surface area (Å²) in [4.78, 5) is 9.28. The molecule has 1 aromatic heterocycles. The van der Waals surface area contributed by atoms with Crippen LogP contribution in [-0.2, 0) is 0 Å². The molecule has 0 saturated carbocycles. The lowest BCUT2D eigenvalue weighted by atomic mass is 10.0. The van der Waals surface area contributed by atoms with Gasteiger partial charge in [-0.25, -0.2) is 9.97 Å². The summed E-state index contributed by atoms with van der Waals surface area (Å²) in [6, 6.07) is 14.9. The molecule has 0 aliphatic carbocycles. The van der Waals surface area contributed by atoms with Gasteiger partial charge in [-0.1, -0.05) is 61.3 Å².